The topological polar surface area (TPSA) is 78.5 Å². The second kappa shape index (κ2) is 6.64. The Morgan fingerprint density at radius 1 is 1.22 bits per heavy atom. The number of hydrogen-bond acceptors (Lipinski definition) is 3. The van der Waals surface area contributed by atoms with E-state index in [0.29, 0.717) is 24.7 Å². The number of hydrogen-bond donors (Lipinski definition) is 2. The molecular formula is C17H19N3O3. The first-order chi connectivity index (χ1) is 11.1. The molecule has 1 saturated heterocycles. The molecular weight excluding hydrogens is 294 g/mol. The van der Waals surface area contributed by atoms with Crippen molar-refractivity contribution in [2.45, 2.75) is 18.9 Å². The number of carbonyl (C=O) groups is 3. The van der Waals surface area contributed by atoms with Crippen LogP contribution in [-0.2, 0) is 9.59 Å². The lowest BCUT2D eigenvalue weighted by Crippen LogP contribution is -2.49. The van der Waals surface area contributed by atoms with Crippen molar-refractivity contribution in [2.24, 2.45) is 0 Å². The van der Waals surface area contributed by atoms with Gasteiger partial charge >= 0.3 is 0 Å². The average molecular weight is 313 g/mol. The van der Waals surface area contributed by atoms with Crippen LogP contribution in [0.15, 0.2) is 30.3 Å². The summed E-state index contributed by atoms with van der Waals surface area (Å²) in [6, 6.07) is 7.43. The van der Waals surface area contributed by atoms with E-state index in [1.54, 1.807) is 30.3 Å². The molecule has 0 atom stereocenters. The predicted octanol–water partition coefficient (Wildman–Crippen LogP) is 0.550. The molecule has 0 radical (unpaired) electrons. The van der Waals surface area contributed by atoms with Crippen LogP contribution in [0.3, 0.4) is 0 Å². The maximum Gasteiger partial charge on any atom is 0.251 e. The molecule has 0 aromatic heterocycles. The summed E-state index contributed by atoms with van der Waals surface area (Å²) in [5.41, 5.74) is 1.45. The highest BCUT2D eigenvalue weighted by molar-refractivity contribution is 5.96. The third-order valence-electron chi connectivity index (χ3n) is 3.85. The molecule has 1 aromatic carbocycles. The van der Waals surface area contributed by atoms with Crippen LogP contribution >= 0.6 is 0 Å². The van der Waals surface area contributed by atoms with E-state index in [1.807, 2.05) is 0 Å². The van der Waals surface area contributed by atoms with Gasteiger partial charge in [0.15, 0.2) is 0 Å². The highest BCUT2D eigenvalue weighted by atomic mass is 16.2. The van der Waals surface area contributed by atoms with Crippen molar-refractivity contribution >= 4 is 23.8 Å². The van der Waals surface area contributed by atoms with Gasteiger partial charge in [0.25, 0.3) is 5.91 Å². The largest absolute Gasteiger partial charge is 0.353 e. The summed E-state index contributed by atoms with van der Waals surface area (Å²) >= 11 is 0. The van der Waals surface area contributed by atoms with E-state index in [2.05, 4.69) is 10.6 Å². The first kappa shape index (κ1) is 15.3. The molecule has 23 heavy (non-hydrogen) atoms. The van der Waals surface area contributed by atoms with Crippen molar-refractivity contribution in [3.05, 3.63) is 41.5 Å². The van der Waals surface area contributed by atoms with Crippen molar-refractivity contribution in [3.8, 4) is 0 Å². The second-order valence-electron chi connectivity index (χ2n) is 5.81. The molecule has 1 heterocycles. The molecule has 1 aliphatic carbocycles. The monoisotopic (exact) mass is 313 g/mol. The molecule has 6 heteroatoms. The molecule has 3 amide bonds. The lowest BCUT2D eigenvalue weighted by molar-refractivity contribution is -0.134. The maximum atomic E-state index is 12.0. The Labute approximate surface area is 134 Å². The van der Waals surface area contributed by atoms with E-state index in [-0.39, 0.29) is 24.3 Å². The lowest BCUT2D eigenvalue weighted by Gasteiger charge is -2.25. The van der Waals surface area contributed by atoms with Gasteiger partial charge in [-0.3, -0.25) is 14.4 Å². The van der Waals surface area contributed by atoms with Gasteiger partial charge in [0.2, 0.25) is 11.8 Å². The Bertz CT molecular complexity index is 648. The zero-order valence-corrected chi connectivity index (χ0v) is 12.7. The summed E-state index contributed by atoms with van der Waals surface area (Å²) in [7, 11) is 0. The van der Waals surface area contributed by atoms with Crippen LogP contribution in [0, 0.1) is 0 Å². The van der Waals surface area contributed by atoms with Crippen LogP contribution in [-0.4, -0.2) is 48.3 Å². The number of rotatable bonds is 4. The van der Waals surface area contributed by atoms with Gasteiger partial charge in [-0.25, -0.2) is 0 Å². The second-order valence-corrected chi connectivity index (χ2v) is 5.81. The van der Waals surface area contributed by atoms with E-state index >= 15 is 0 Å². The summed E-state index contributed by atoms with van der Waals surface area (Å²) in [6.07, 6.45) is 5.27. The van der Waals surface area contributed by atoms with Crippen LogP contribution < -0.4 is 10.6 Å². The summed E-state index contributed by atoms with van der Waals surface area (Å²) < 4.78 is 0. The number of carbonyl (C=O) groups excluding carboxylic acids is 3. The molecule has 2 aliphatic rings. The normalized spacial score (nSPS) is 17.9. The van der Waals surface area contributed by atoms with E-state index < -0.39 is 0 Å². The Morgan fingerprint density at radius 2 is 1.96 bits per heavy atom. The van der Waals surface area contributed by atoms with Gasteiger partial charge < -0.3 is 15.5 Å². The van der Waals surface area contributed by atoms with Crippen molar-refractivity contribution in [2.75, 3.05) is 19.6 Å². The van der Waals surface area contributed by atoms with Crippen molar-refractivity contribution in [1.29, 1.82) is 0 Å². The third kappa shape index (κ3) is 4.18. The Morgan fingerprint density at radius 3 is 2.61 bits per heavy atom. The highest BCUT2D eigenvalue weighted by Crippen LogP contribution is 2.19. The fourth-order valence-electron chi connectivity index (χ4n) is 2.34. The number of nitrogens with one attached hydrogen (secondary N) is 2. The van der Waals surface area contributed by atoms with Crippen molar-refractivity contribution < 1.29 is 14.4 Å². The minimum Gasteiger partial charge on any atom is -0.353 e. The lowest BCUT2D eigenvalue weighted by atomic mass is 10.1. The third-order valence-corrected chi connectivity index (χ3v) is 3.85. The Balaban J connectivity index is 1.57. The summed E-state index contributed by atoms with van der Waals surface area (Å²) in [6.45, 7) is 1.11. The zero-order valence-electron chi connectivity index (χ0n) is 12.7. The Hall–Kier alpha value is -2.63. The van der Waals surface area contributed by atoms with Crippen LogP contribution in [0.2, 0.25) is 0 Å². The van der Waals surface area contributed by atoms with Gasteiger partial charge in [0, 0.05) is 30.8 Å². The average Bonchev–Trinajstić information content (AvgIpc) is 3.37. The number of piperazine rings is 1. The summed E-state index contributed by atoms with van der Waals surface area (Å²) in [4.78, 5) is 36.7. The molecule has 3 rings (SSSR count). The SMILES string of the molecule is O=C1CN(C(=O)C=Cc2ccc(C(=O)NC3CC3)cc2)CCN1. The van der Waals surface area contributed by atoms with Crippen molar-refractivity contribution in [3.63, 3.8) is 0 Å². The van der Waals surface area contributed by atoms with Crippen LogP contribution in [0.4, 0.5) is 0 Å². The first-order valence-corrected chi connectivity index (χ1v) is 7.76. The number of amides is 3. The Kier molecular flexibility index (Phi) is 4.41. The molecule has 1 saturated carbocycles. The minimum atomic E-state index is -0.185. The van der Waals surface area contributed by atoms with E-state index in [1.165, 1.54) is 11.0 Å². The molecule has 0 bridgehead atoms. The standard InChI is InChI=1S/C17H19N3O3/c21-15-11-20(10-9-18-15)16(22)8-3-12-1-4-13(5-2-12)17(23)19-14-6-7-14/h1-5,8,14H,6-7,9-11H2,(H,18,21)(H,19,23). The van der Waals surface area contributed by atoms with Gasteiger partial charge in [0.1, 0.15) is 0 Å². The van der Waals surface area contributed by atoms with Crippen molar-refractivity contribution in [1.82, 2.24) is 15.5 Å². The molecule has 2 fully saturated rings. The van der Waals surface area contributed by atoms with Gasteiger partial charge in [-0.1, -0.05) is 12.1 Å². The smallest absolute Gasteiger partial charge is 0.251 e. The molecule has 120 valence electrons. The summed E-state index contributed by atoms with van der Waals surface area (Å²) in [5, 5.41) is 5.61. The molecule has 1 aromatic rings. The molecule has 0 unspecified atom stereocenters. The first-order valence-electron chi connectivity index (χ1n) is 7.76. The van der Waals surface area contributed by atoms with Crippen LogP contribution in [0.1, 0.15) is 28.8 Å². The van der Waals surface area contributed by atoms with Gasteiger partial charge in [-0.15, -0.1) is 0 Å². The van der Waals surface area contributed by atoms with E-state index in [0.717, 1.165) is 18.4 Å². The van der Waals surface area contributed by atoms with Gasteiger partial charge in [-0.2, -0.15) is 0 Å². The molecule has 6 nitrogen and oxygen atoms in total. The molecule has 0 spiro atoms. The zero-order chi connectivity index (χ0) is 16.2. The fourth-order valence-corrected chi connectivity index (χ4v) is 2.34. The van der Waals surface area contributed by atoms with E-state index in [4.69, 9.17) is 0 Å². The number of benzene rings is 1. The van der Waals surface area contributed by atoms with Crippen LogP contribution in [0.25, 0.3) is 6.08 Å². The van der Waals surface area contributed by atoms with Gasteiger partial charge in [0.05, 0.1) is 6.54 Å². The predicted molar refractivity (Wildman–Crippen MR) is 85.6 cm³/mol. The minimum absolute atomic E-state index is 0.0570. The molecule has 1 aliphatic heterocycles. The number of nitrogens with zero attached hydrogens (tertiary/aromatic N) is 1. The quantitative estimate of drug-likeness (QED) is 0.797. The highest BCUT2D eigenvalue weighted by Gasteiger charge is 2.23. The summed E-state index contributed by atoms with van der Waals surface area (Å²) in [5.74, 6) is -0.377. The fraction of sp³-hybridized carbons (Fsp3) is 0.353. The van der Waals surface area contributed by atoms with Gasteiger partial charge in [-0.05, 0) is 36.6 Å². The van der Waals surface area contributed by atoms with Crippen LogP contribution in [0.5, 0.6) is 0 Å². The maximum absolute atomic E-state index is 12.0. The molecule has 2 N–H and O–H groups in total. The van der Waals surface area contributed by atoms with E-state index in [9.17, 15) is 14.4 Å².